The maximum Gasteiger partial charge on any atom is 0.261 e. The summed E-state index contributed by atoms with van der Waals surface area (Å²) in [4.78, 5) is 24.2. The number of amides is 2. The number of thiophene rings is 1. The van der Waals surface area contributed by atoms with E-state index in [4.69, 9.17) is 5.73 Å². The van der Waals surface area contributed by atoms with Gasteiger partial charge in [0, 0.05) is 17.8 Å². The summed E-state index contributed by atoms with van der Waals surface area (Å²) >= 11 is 1.36. The van der Waals surface area contributed by atoms with Gasteiger partial charge < -0.3 is 11.1 Å². The molecule has 1 aromatic heterocycles. The molecule has 0 radical (unpaired) electrons. The van der Waals surface area contributed by atoms with Crippen LogP contribution in [0.4, 0.5) is 4.39 Å². The minimum absolute atomic E-state index is 0.175. The van der Waals surface area contributed by atoms with Crippen LogP contribution in [0.2, 0.25) is 0 Å². The van der Waals surface area contributed by atoms with Crippen molar-refractivity contribution in [2.75, 3.05) is 6.54 Å². The summed E-state index contributed by atoms with van der Waals surface area (Å²) in [5.41, 5.74) is 6.90. The highest BCUT2D eigenvalue weighted by Crippen LogP contribution is 2.32. The summed E-state index contributed by atoms with van der Waals surface area (Å²) in [5, 5.41) is 2.76. The molecular weight excluding hydrogens is 303 g/mol. The lowest BCUT2D eigenvalue weighted by Crippen LogP contribution is -2.24. The highest BCUT2D eigenvalue weighted by atomic mass is 32.1. The molecule has 2 rings (SSSR count). The quantitative estimate of drug-likeness (QED) is 0.803. The minimum atomic E-state index is -0.375. The maximum absolute atomic E-state index is 13.0. The summed E-state index contributed by atoms with van der Waals surface area (Å²) in [6.45, 7) is 2.32. The second kappa shape index (κ2) is 7.17. The molecule has 0 saturated heterocycles. The van der Waals surface area contributed by atoms with Gasteiger partial charge in [0.1, 0.15) is 5.82 Å². The van der Waals surface area contributed by atoms with Gasteiger partial charge in [-0.05, 0) is 42.7 Å². The van der Waals surface area contributed by atoms with E-state index >= 15 is 0 Å². The molecule has 4 nitrogen and oxygen atoms in total. The van der Waals surface area contributed by atoms with E-state index in [-0.39, 0.29) is 24.1 Å². The Labute approximate surface area is 132 Å². The Bertz CT molecular complexity index is 680. The van der Waals surface area contributed by atoms with Gasteiger partial charge >= 0.3 is 0 Å². The van der Waals surface area contributed by atoms with E-state index in [2.05, 4.69) is 5.32 Å². The molecule has 116 valence electrons. The molecule has 3 N–H and O–H groups in total. The molecule has 22 heavy (non-hydrogen) atoms. The van der Waals surface area contributed by atoms with Crippen LogP contribution >= 0.6 is 11.3 Å². The molecule has 0 atom stereocenters. The molecule has 1 heterocycles. The number of aryl methyl sites for hydroxylation is 1. The van der Waals surface area contributed by atoms with Crippen LogP contribution in [0.5, 0.6) is 0 Å². The number of rotatable bonds is 6. The summed E-state index contributed by atoms with van der Waals surface area (Å²) in [7, 11) is 0. The van der Waals surface area contributed by atoms with E-state index in [0.717, 1.165) is 16.0 Å². The van der Waals surface area contributed by atoms with Crippen LogP contribution in [0.1, 0.15) is 28.1 Å². The van der Waals surface area contributed by atoms with Crippen molar-refractivity contribution >= 4 is 23.2 Å². The van der Waals surface area contributed by atoms with E-state index < -0.39 is 0 Å². The number of hydrogen-bond donors (Lipinski definition) is 2. The number of nitrogens with two attached hydrogens (primary N) is 1. The first kappa shape index (κ1) is 16.2. The van der Waals surface area contributed by atoms with Crippen molar-refractivity contribution in [3.8, 4) is 10.4 Å². The van der Waals surface area contributed by atoms with Gasteiger partial charge in [0.25, 0.3) is 5.91 Å². The number of benzene rings is 1. The molecule has 0 aliphatic heterocycles. The van der Waals surface area contributed by atoms with E-state index in [1.165, 1.54) is 23.5 Å². The molecule has 0 aliphatic carbocycles. The molecule has 0 unspecified atom stereocenters. The van der Waals surface area contributed by atoms with Crippen molar-refractivity contribution in [3.05, 3.63) is 46.6 Å². The zero-order chi connectivity index (χ0) is 16.1. The fourth-order valence-electron chi connectivity index (χ4n) is 2.03. The predicted octanol–water partition coefficient (Wildman–Crippen LogP) is 2.86. The Balaban J connectivity index is 2.04. The number of primary amides is 1. The Kier molecular flexibility index (Phi) is 5.27. The van der Waals surface area contributed by atoms with Crippen LogP contribution in [-0.4, -0.2) is 18.4 Å². The molecule has 0 fully saturated rings. The fourth-order valence-corrected chi connectivity index (χ4v) is 3.13. The number of hydrogen-bond acceptors (Lipinski definition) is 3. The van der Waals surface area contributed by atoms with E-state index in [1.807, 2.05) is 13.0 Å². The number of halogens is 1. The summed E-state index contributed by atoms with van der Waals surface area (Å²) < 4.78 is 13.0. The lowest BCUT2D eigenvalue weighted by molar-refractivity contribution is -0.118. The van der Waals surface area contributed by atoms with E-state index in [1.54, 1.807) is 12.1 Å². The summed E-state index contributed by atoms with van der Waals surface area (Å²) in [6.07, 6.45) is 0.779. The van der Waals surface area contributed by atoms with Gasteiger partial charge in [-0.1, -0.05) is 12.1 Å². The smallest absolute Gasteiger partial charge is 0.261 e. The molecule has 6 heteroatoms. The van der Waals surface area contributed by atoms with Gasteiger partial charge in [-0.25, -0.2) is 4.39 Å². The first-order valence-corrected chi connectivity index (χ1v) is 7.72. The largest absolute Gasteiger partial charge is 0.370 e. The highest BCUT2D eigenvalue weighted by molar-refractivity contribution is 7.17. The average Bonchev–Trinajstić information content (AvgIpc) is 2.86. The summed E-state index contributed by atoms with van der Waals surface area (Å²) in [6, 6.07) is 8.01. The number of carbonyl (C=O) groups excluding carboxylic acids is 2. The van der Waals surface area contributed by atoms with Gasteiger partial charge in [-0.15, -0.1) is 11.3 Å². The van der Waals surface area contributed by atoms with Crippen molar-refractivity contribution in [2.45, 2.75) is 19.8 Å². The van der Waals surface area contributed by atoms with Gasteiger partial charge in [-0.2, -0.15) is 0 Å². The van der Waals surface area contributed by atoms with Gasteiger partial charge in [0.2, 0.25) is 5.91 Å². The molecule has 0 bridgehead atoms. The van der Waals surface area contributed by atoms with Crippen molar-refractivity contribution in [1.82, 2.24) is 5.32 Å². The number of nitrogens with one attached hydrogen (secondary N) is 1. The van der Waals surface area contributed by atoms with Crippen molar-refractivity contribution in [2.24, 2.45) is 5.73 Å². The molecule has 2 amide bonds. The van der Waals surface area contributed by atoms with Gasteiger partial charge in [-0.3, -0.25) is 9.59 Å². The second-order valence-electron chi connectivity index (χ2n) is 4.96. The molecule has 2 aromatic rings. The molecule has 0 spiro atoms. The monoisotopic (exact) mass is 320 g/mol. The molecular formula is C16H17FN2O2S. The van der Waals surface area contributed by atoms with Crippen LogP contribution in [0, 0.1) is 12.7 Å². The van der Waals surface area contributed by atoms with Crippen LogP contribution in [0.15, 0.2) is 30.3 Å². The van der Waals surface area contributed by atoms with E-state index in [9.17, 15) is 14.0 Å². The third kappa shape index (κ3) is 4.14. The second-order valence-corrected chi connectivity index (χ2v) is 6.01. The standard InChI is InChI=1S/C16H17FN2O2S/c1-10-9-13(16(21)19-8-2-3-14(18)20)22-15(10)11-4-6-12(17)7-5-11/h4-7,9H,2-3,8H2,1H3,(H2,18,20)(H,19,21). The van der Waals surface area contributed by atoms with Crippen LogP contribution in [0.25, 0.3) is 10.4 Å². The first-order chi connectivity index (χ1) is 10.5. The van der Waals surface area contributed by atoms with Crippen LogP contribution in [0.3, 0.4) is 0 Å². The average molecular weight is 320 g/mol. The first-order valence-electron chi connectivity index (χ1n) is 6.90. The zero-order valence-electron chi connectivity index (χ0n) is 12.2. The SMILES string of the molecule is Cc1cc(C(=O)NCCCC(N)=O)sc1-c1ccc(F)cc1. The molecule has 1 aromatic carbocycles. The zero-order valence-corrected chi connectivity index (χ0v) is 13.0. The third-order valence-electron chi connectivity index (χ3n) is 3.13. The normalized spacial score (nSPS) is 10.5. The van der Waals surface area contributed by atoms with E-state index in [0.29, 0.717) is 17.8 Å². The third-order valence-corrected chi connectivity index (χ3v) is 4.42. The predicted molar refractivity (Wildman–Crippen MR) is 85.2 cm³/mol. The van der Waals surface area contributed by atoms with Crippen molar-refractivity contribution < 1.29 is 14.0 Å². The Hall–Kier alpha value is -2.21. The van der Waals surface area contributed by atoms with Gasteiger partial charge in [0.05, 0.1) is 4.88 Å². The maximum atomic E-state index is 13.0. The van der Waals surface area contributed by atoms with Crippen LogP contribution < -0.4 is 11.1 Å². The van der Waals surface area contributed by atoms with Crippen molar-refractivity contribution in [1.29, 1.82) is 0 Å². The van der Waals surface area contributed by atoms with Gasteiger partial charge in [0.15, 0.2) is 0 Å². The fraction of sp³-hybridized carbons (Fsp3) is 0.250. The molecule has 0 saturated carbocycles. The lowest BCUT2D eigenvalue weighted by Gasteiger charge is -2.02. The number of carbonyl (C=O) groups is 2. The Morgan fingerprint density at radius 3 is 2.59 bits per heavy atom. The summed E-state index contributed by atoms with van der Waals surface area (Å²) in [5.74, 6) is -0.837. The topological polar surface area (TPSA) is 72.2 Å². The highest BCUT2D eigenvalue weighted by Gasteiger charge is 2.13. The Morgan fingerprint density at radius 1 is 1.27 bits per heavy atom. The van der Waals surface area contributed by atoms with Crippen molar-refractivity contribution in [3.63, 3.8) is 0 Å². The minimum Gasteiger partial charge on any atom is -0.370 e. The lowest BCUT2D eigenvalue weighted by atomic mass is 10.1. The Morgan fingerprint density at radius 2 is 1.95 bits per heavy atom. The molecule has 0 aliphatic rings. The van der Waals surface area contributed by atoms with Crippen LogP contribution in [-0.2, 0) is 4.79 Å².